The lowest BCUT2D eigenvalue weighted by Crippen LogP contribution is -2.46. The Balaban J connectivity index is 1.51. The topological polar surface area (TPSA) is 83.1 Å². The molecule has 1 aromatic heterocycles. The van der Waals surface area contributed by atoms with Crippen LogP contribution in [0, 0.1) is 5.92 Å². The average Bonchev–Trinajstić information content (AvgIpc) is 3.24. The molecule has 3 heterocycles. The number of halogens is 3. The molecule has 12 heteroatoms. The van der Waals surface area contributed by atoms with E-state index >= 15 is 4.39 Å². The number of piperidine rings is 1. The minimum Gasteiger partial charge on any atom is -0.444 e. The van der Waals surface area contributed by atoms with Gasteiger partial charge in [-0.15, -0.1) is 0 Å². The third kappa shape index (κ3) is 4.08. The Kier molecular flexibility index (Phi) is 5.30. The number of nitrogens with zero attached hydrogens (tertiary/aromatic N) is 4. The molecule has 1 aliphatic carbocycles. The first-order valence-corrected chi connectivity index (χ1v) is 11.9. The van der Waals surface area contributed by atoms with Crippen LogP contribution in [0.4, 0.5) is 29.5 Å². The molecule has 8 nitrogen and oxygen atoms in total. The van der Waals surface area contributed by atoms with Crippen molar-refractivity contribution in [2.24, 2.45) is 5.92 Å². The zero-order chi connectivity index (χ0) is 23.6. The molecule has 2 aliphatic heterocycles. The standard InChI is InChI=1S/C20H27F3N4O4S/c1-19(2,3)31-18(28)26-8-7-13(14(21)11-26)15-5-6-16-17(24-15)25(4)32(29,30)27(16)10-12-9-20(12,22)23/h5-6,12-14H,7-11H2,1-4H3. The Morgan fingerprint density at radius 1 is 1.31 bits per heavy atom. The first-order chi connectivity index (χ1) is 14.7. The van der Waals surface area contributed by atoms with Gasteiger partial charge in [0.25, 0.3) is 5.92 Å². The van der Waals surface area contributed by atoms with Crippen LogP contribution in [-0.2, 0) is 14.9 Å². The molecule has 0 N–H and O–H groups in total. The average molecular weight is 477 g/mol. The number of ether oxygens (including phenoxy) is 1. The number of hydrogen-bond donors (Lipinski definition) is 0. The number of hydrogen-bond acceptors (Lipinski definition) is 5. The van der Waals surface area contributed by atoms with Crippen LogP contribution in [0.3, 0.4) is 0 Å². The fraction of sp³-hybridized carbons (Fsp3) is 0.700. The normalized spacial score (nSPS) is 28.5. The number of carbonyl (C=O) groups excluding carboxylic acids is 1. The molecule has 3 unspecified atom stereocenters. The smallest absolute Gasteiger partial charge is 0.410 e. The highest BCUT2D eigenvalue weighted by molar-refractivity contribution is 7.94. The second-order valence-corrected chi connectivity index (χ2v) is 11.5. The molecule has 0 aromatic carbocycles. The molecule has 1 saturated heterocycles. The molecule has 2 fully saturated rings. The third-order valence-corrected chi connectivity index (χ3v) is 7.75. The zero-order valence-electron chi connectivity index (χ0n) is 18.4. The van der Waals surface area contributed by atoms with Crippen LogP contribution in [0.15, 0.2) is 12.1 Å². The highest BCUT2D eigenvalue weighted by Gasteiger charge is 2.59. The summed E-state index contributed by atoms with van der Waals surface area (Å²) in [7, 11) is -2.72. The van der Waals surface area contributed by atoms with Gasteiger partial charge in [0.2, 0.25) is 0 Å². The maximum Gasteiger partial charge on any atom is 0.410 e. The van der Waals surface area contributed by atoms with E-state index in [4.69, 9.17) is 4.74 Å². The van der Waals surface area contributed by atoms with Crippen molar-refractivity contribution in [2.45, 2.75) is 57.2 Å². The monoisotopic (exact) mass is 476 g/mol. The largest absolute Gasteiger partial charge is 0.444 e. The van der Waals surface area contributed by atoms with Crippen LogP contribution in [0.1, 0.15) is 45.2 Å². The summed E-state index contributed by atoms with van der Waals surface area (Å²) in [6.45, 7) is 4.99. The Bertz CT molecular complexity index is 1030. The predicted molar refractivity (Wildman–Crippen MR) is 112 cm³/mol. The fourth-order valence-corrected chi connectivity index (χ4v) is 5.47. The molecule has 1 aromatic rings. The number of anilines is 2. The first kappa shape index (κ1) is 22.9. The van der Waals surface area contributed by atoms with Crippen molar-refractivity contribution in [3.63, 3.8) is 0 Å². The molecule has 3 atom stereocenters. The Morgan fingerprint density at radius 3 is 2.53 bits per heavy atom. The lowest BCUT2D eigenvalue weighted by atomic mass is 9.91. The maximum absolute atomic E-state index is 15.0. The van der Waals surface area contributed by atoms with Crippen LogP contribution in [-0.4, -0.2) is 68.8 Å². The summed E-state index contributed by atoms with van der Waals surface area (Å²) in [5, 5.41) is 0. The van der Waals surface area contributed by atoms with Gasteiger partial charge >= 0.3 is 16.3 Å². The van der Waals surface area contributed by atoms with Gasteiger partial charge in [-0.3, -0.25) is 0 Å². The number of fused-ring (bicyclic) bond motifs is 1. The minimum atomic E-state index is -4.02. The highest BCUT2D eigenvalue weighted by Crippen LogP contribution is 2.51. The number of likely N-dealkylation sites (tertiary alicyclic amines) is 1. The number of carbonyl (C=O) groups is 1. The summed E-state index contributed by atoms with van der Waals surface area (Å²) < 4.78 is 74.4. The van der Waals surface area contributed by atoms with Crippen molar-refractivity contribution >= 4 is 27.8 Å². The van der Waals surface area contributed by atoms with Crippen LogP contribution < -0.4 is 8.61 Å². The number of amides is 1. The van der Waals surface area contributed by atoms with E-state index in [2.05, 4.69) is 4.98 Å². The lowest BCUT2D eigenvalue weighted by molar-refractivity contribution is 0.0109. The zero-order valence-corrected chi connectivity index (χ0v) is 19.2. The summed E-state index contributed by atoms with van der Waals surface area (Å²) in [5.41, 5.74) is -0.116. The van der Waals surface area contributed by atoms with Gasteiger partial charge in [-0.1, -0.05) is 0 Å². The van der Waals surface area contributed by atoms with Gasteiger partial charge in [0, 0.05) is 44.1 Å². The summed E-state index contributed by atoms with van der Waals surface area (Å²) in [4.78, 5) is 17.9. The molecule has 1 amide bonds. The van der Waals surface area contributed by atoms with E-state index < -0.39 is 45.8 Å². The Labute approximate surface area is 185 Å². The van der Waals surface area contributed by atoms with Gasteiger partial charge < -0.3 is 9.64 Å². The van der Waals surface area contributed by atoms with Crippen molar-refractivity contribution in [1.29, 1.82) is 0 Å². The van der Waals surface area contributed by atoms with Crippen LogP contribution in [0.25, 0.3) is 0 Å². The van der Waals surface area contributed by atoms with Crippen molar-refractivity contribution in [3.05, 3.63) is 17.8 Å². The molecular formula is C20H27F3N4O4S. The predicted octanol–water partition coefficient (Wildman–Crippen LogP) is 3.30. The summed E-state index contributed by atoms with van der Waals surface area (Å²) in [6, 6.07) is 3.03. The van der Waals surface area contributed by atoms with Crippen molar-refractivity contribution in [2.75, 3.05) is 35.3 Å². The molecule has 1 saturated carbocycles. The fourth-order valence-electron chi connectivity index (χ4n) is 4.06. The second-order valence-electron chi connectivity index (χ2n) is 9.58. The molecule has 4 rings (SSSR count). The molecule has 0 spiro atoms. The quantitative estimate of drug-likeness (QED) is 0.669. The Morgan fingerprint density at radius 2 is 1.97 bits per heavy atom. The third-order valence-electron chi connectivity index (χ3n) is 5.98. The van der Waals surface area contributed by atoms with E-state index in [1.807, 2.05) is 0 Å². The van der Waals surface area contributed by atoms with E-state index in [-0.39, 0.29) is 37.6 Å². The number of rotatable bonds is 3. The molecule has 0 bridgehead atoms. The first-order valence-electron chi connectivity index (χ1n) is 10.5. The molecule has 3 aliphatic rings. The molecule has 0 radical (unpaired) electrons. The molecule has 178 valence electrons. The van der Waals surface area contributed by atoms with E-state index in [0.717, 1.165) is 8.61 Å². The van der Waals surface area contributed by atoms with Gasteiger partial charge in [-0.05, 0) is 39.3 Å². The number of alkyl halides is 3. The van der Waals surface area contributed by atoms with Crippen molar-refractivity contribution in [3.8, 4) is 0 Å². The second kappa shape index (κ2) is 7.39. The SMILES string of the molecule is CN1c2nc(C3CCN(C(=O)OC(C)(C)C)CC3F)ccc2N(CC2CC2(F)F)S1(=O)=O. The van der Waals surface area contributed by atoms with Crippen LogP contribution >= 0.6 is 0 Å². The van der Waals surface area contributed by atoms with Crippen molar-refractivity contribution < 1.29 is 31.1 Å². The van der Waals surface area contributed by atoms with Crippen LogP contribution in [0.2, 0.25) is 0 Å². The summed E-state index contributed by atoms with van der Waals surface area (Å²) in [5.74, 6) is -4.41. The highest BCUT2D eigenvalue weighted by atomic mass is 32.2. The van der Waals surface area contributed by atoms with Gasteiger partial charge in [0.05, 0.1) is 12.2 Å². The van der Waals surface area contributed by atoms with Gasteiger partial charge in [-0.2, -0.15) is 8.42 Å². The van der Waals surface area contributed by atoms with E-state index in [1.165, 1.54) is 24.1 Å². The van der Waals surface area contributed by atoms with E-state index in [1.54, 1.807) is 20.8 Å². The van der Waals surface area contributed by atoms with Crippen molar-refractivity contribution in [1.82, 2.24) is 9.88 Å². The van der Waals surface area contributed by atoms with Gasteiger partial charge in [-0.25, -0.2) is 31.6 Å². The summed E-state index contributed by atoms with van der Waals surface area (Å²) >= 11 is 0. The summed E-state index contributed by atoms with van der Waals surface area (Å²) in [6.07, 6.45) is -2.05. The minimum absolute atomic E-state index is 0.0910. The van der Waals surface area contributed by atoms with Crippen LogP contribution in [0.5, 0.6) is 0 Å². The van der Waals surface area contributed by atoms with E-state index in [0.29, 0.717) is 12.1 Å². The molecule has 32 heavy (non-hydrogen) atoms. The lowest BCUT2D eigenvalue weighted by Gasteiger charge is -2.35. The maximum atomic E-state index is 15.0. The van der Waals surface area contributed by atoms with Gasteiger partial charge in [0.1, 0.15) is 11.8 Å². The number of aromatic nitrogens is 1. The molecular weight excluding hydrogens is 449 g/mol. The van der Waals surface area contributed by atoms with Gasteiger partial charge in [0.15, 0.2) is 5.82 Å². The van der Waals surface area contributed by atoms with E-state index in [9.17, 15) is 22.0 Å². The Hall–Kier alpha value is -2.24. The number of pyridine rings is 1.